The Bertz CT molecular complexity index is 541. The molecule has 2 aromatic rings. The highest BCUT2D eigenvalue weighted by Crippen LogP contribution is 2.24. The first-order valence-electron chi connectivity index (χ1n) is 6.09. The normalized spacial score (nSPS) is 10.3. The van der Waals surface area contributed by atoms with Gasteiger partial charge in [0.15, 0.2) is 0 Å². The van der Waals surface area contributed by atoms with Crippen LogP contribution < -0.4 is 0 Å². The lowest BCUT2D eigenvalue weighted by atomic mass is 9.97. The molecule has 0 atom stereocenters. The number of carboxylic acids is 1. The van der Waals surface area contributed by atoms with Gasteiger partial charge in [0.2, 0.25) is 0 Å². The highest BCUT2D eigenvalue weighted by molar-refractivity contribution is 5.72. The Hall–Kier alpha value is -2.09. The van der Waals surface area contributed by atoms with E-state index in [1.54, 1.807) is 0 Å². The second-order valence-electron chi connectivity index (χ2n) is 4.28. The minimum atomic E-state index is -0.795. The van der Waals surface area contributed by atoms with Gasteiger partial charge >= 0.3 is 5.97 Å². The molecule has 2 rings (SSSR count). The highest BCUT2D eigenvalue weighted by atomic mass is 16.4. The standard InChI is InChI=1S/C16H16O2/c1-2-13-5-3-4-6-15(13)14-9-7-12(8-10-14)11-16(17)18/h3-10H,2,11H2,1H3,(H,17,18). The molecular weight excluding hydrogens is 224 g/mol. The minimum Gasteiger partial charge on any atom is -0.481 e. The van der Waals surface area contributed by atoms with Crippen LogP contribution in [0.4, 0.5) is 0 Å². The lowest BCUT2D eigenvalue weighted by molar-refractivity contribution is -0.136. The summed E-state index contributed by atoms with van der Waals surface area (Å²) >= 11 is 0. The number of carbonyl (C=O) groups is 1. The number of carboxylic acid groups (broad SMARTS) is 1. The molecule has 0 aliphatic carbocycles. The van der Waals surface area contributed by atoms with Gasteiger partial charge in [-0.15, -0.1) is 0 Å². The first-order chi connectivity index (χ1) is 8.70. The maximum absolute atomic E-state index is 10.6. The molecule has 0 fully saturated rings. The smallest absolute Gasteiger partial charge is 0.307 e. The third-order valence-corrected chi connectivity index (χ3v) is 3.02. The zero-order valence-electron chi connectivity index (χ0n) is 10.4. The monoisotopic (exact) mass is 240 g/mol. The van der Waals surface area contributed by atoms with E-state index in [9.17, 15) is 4.79 Å². The van der Waals surface area contributed by atoms with E-state index in [-0.39, 0.29) is 6.42 Å². The third kappa shape index (κ3) is 2.77. The molecule has 0 bridgehead atoms. The van der Waals surface area contributed by atoms with Gasteiger partial charge in [0, 0.05) is 0 Å². The summed E-state index contributed by atoms with van der Waals surface area (Å²) in [6.45, 7) is 2.14. The number of benzene rings is 2. The molecule has 92 valence electrons. The van der Waals surface area contributed by atoms with Crippen molar-refractivity contribution in [2.45, 2.75) is 19.8 Å². The SMILES string of the molecule is CCc1ccccc1-c1ccc(CC(=O)O)cc1. The molecule has 0 aliphatic heterocycles. The van der Waals surface area contributed by atoms with Crippen molar-refractivity contribution in [2.24, 2.45) is 0 Å². The van der Waals surface area contributed by atoms with Crippen LogP contribution in [-0.4, -0.2) is 11.1 Å². The van der Waals surface area contributed by atoms with Gasteiger partial charge in [-0.2, -0.15) is 0 Å². The van der Waals surface area contributed by atoms with Gasteiger partial charge in [-0.3, -0.25) is 4.79 Å². The van der Waals surface area contributed by atoms with Crippen LogP contribution in [0.1, 0.15) is 18.1 Å². The molecule has 2 aromatic carbocycles. The Kier molecular flexibility index (Phi) is 3.78. The van der Waals surface area contributed by atoms with Crippen LogP contribution in [0.5, 0.6) is 0 Å². The number of rotatable bonds is 4. The van der Waals surface area contributed by atoms with E-state index in [1.807, 2.05) is 36.4 Å². The summed E-state index contributed by atoms with van der Waals surface area (Å²) in [6, 6.07) is 16.1. The van der Waals surface area contributed by atoms with Crippen LogP contribution in [-0.2, 0) is 17.6 Å². The Morgan fingerprint density at radius 2 is 1.72 bits per heavy atom. The molecule has 0 aliphatic rings. The first kappa shape index (κ1) is 12.4. The van der Waals surface area contributed by atoms with Crippen LogP contribution in [0, 0.1) is 0 Å². The summed E-state index contributed by atoms with van der Waals surface area (Å²) in [6.07, 6.45) is 1.07. The van der Waals surface area contributed by atoms with E-state index >= 15 is 0 Å². The van der Waals surface area contributed by atoms with E-state index < -0.39 is 5.97 Å². The molecule has 1 N–H and O–H groups in total. The lowest BCUT2D eigenvalue weighted by Gasteiger charge is -2.08. The predicted octanol–water partition coefficient (Wildman–Crippen LogP) is 3.54. The molecule has 2 heteroatoms. The van der Waals surface area contributed by atoms with Gasteiger partial charge in [-0.25, -0.2) is 0 Å². The number of hydrogen-bond acceptors (Lipinski definition) is 1. The van der Waals surface area contributed by atoms with Crippen LogP contribution in [0.3, 0.4) is 0 Å². The fraction of sp³-hybridized carbons (Fsp3) is 0.188. The van der Waals surface area contributed by atoms with Crippen LogP contribution in [0.25, 0.3) is 11.1 Å². The van der Waals surface area contributed by atoms with Crippen molar-refractivity contribution >= 4 is 5.97 Å². The van der Waals surface area contributed by atoms with Crippen LogP contribution in [0.2, 0.25) is 0 Å². The summed E-state index contributed by atoms with van der Waals surface area (Å²) in [5.41, 5.74) is 4.51. The second kappa shape index (κ2) is 5.50. The molecule has 0 aromatic heterocycles. The zero-order valence-corrected chi connectivity index (χ0v) is 10.4. The Morgan fingerprint density at radius 3 is 2.33 bits per heavy atom. The van der Waals surface area contributed by atoms with Gasteiger partial charge in [-0.05, 0) is 28.7 Å². The van der Waals surface area contributed by atoms with Crippen molar-refractivity contribution in [3.8, 4) is 11.1 Å². The predicted molar refractivity (Wildman–Crippen MR) is 72.6 cm³/mol. The molecular formula is C16H16O2. The average Bonchev–Trinajstić information content (AvgIpc) is 2.39. The van der Waals surface area contributed by atoms with Crippen LogP contribution >= 0.6 is 0 Å². The maximum atomic E-state index is 10.6. The number of hydrogen-bond donors (Lipinski definition) is 1. The molecule has 0 unspecified atom stereocenters. The molecule has 0 radical (unpaired) electrons. The summed E-state index contributed by atoms with van der Waals surface area (Å²) in [5, 5.41) is 8.74. The molecule has 0 saturated carbocycles. The Balaban J connectivity index is 2.31. The van der Waals surface area contributed by atoms with Crippen molar-refractivity contribution in [3.05, 3.63) is 59.7 Å². The topological polar surface area (TPSA) is 37.3 Å². The third-order valence-electron chi connectivity index (χ3n) is 3.02. The highest BCUT2D eigenvalue weighted by Gasteiger charge is 2.04. The van der Waals surface area contributed by atoms with Crippen molar-refractivity contribution in [2.75, 3.05) is 0 Å². The second-order valence-corrected chi connectivity index (χ2v) is 4.28. The Labute approximate surface area is 107 Å². The zero-order chi connectivity index (χ0) is 13.0. The van der Waals surface area contributed by atoms with E-state index in [2.05, 4.69) is 19.1 Å². The van der Waals surface area contributed by atoms with Crippen molar-refractivity contribution in [1.82, 2.24) is 0 Å². The quantitative estimate of drug-likeness (QED) is 0.887. The van der Waals surface area contributed by atoms with Crippen molar-refractivity contribution in [3.63, 3.8) is 0 Å². The molecule has 2 nitrogen and oxygen atoms in total. The van der Waals surface area contributed by atoms with Gasteiger partial charge in [0.05, 0.1) is 6.42 Å². The molecule has 0 spiro atoms. The van der Waals surface area contributed by atoms with Gasteiger partial charge in [0.25, 0.3) is 0 Å². The minimum absolute atomic E-state index is 0.0791. The number of aryl methyl sites for hydroxylation is 1. The Morgan fingerprint density at radius 1 is 1.06 bits per heavy atom. The fourth-order valence-electron chi connectivity index (χ4n) is 2.09. The summed E-state index contributed by atoms with van der Waals surface area (Å²) in [4.78, 5) is 10.6. The van der Waals surface area contributed by atoms with E-state index in [1.165, 1.54) is 11.1 Å². The average molecular weight is 240 g/mol. The van der Waals surface area contributed by atoms with E-state index in [0.717, 1.165) is 17.5 Å². The fourth-order valence-corrected chi connectivity index (χ4v) is 2.09. The largest absolute Gasteiger partial charge is 0.481 e. The summed E-state index contributed by atoms with van der Waals surface area (Å²) in [7, 11) is 0. The number of aliphatic carboxylic acids is 1. The van der Waals surface area contributed by atoms with Gasteiger partial charge in [-0.1, -0.05) is 55.5 Å². The molecule has 0 amide bonds. The summed E-state index contributed by atoms with van der Waals surface area (Å²) in [5.74, 6) is -0.795. The lowest BCUT2D eigenvalue weighted by Crippen LogP contribution is -1.99. The first-order valence-corrected chi connectivity index (χ1v) is 6.09. The summed E-state index contributed by atoms with van der Waals surface area (Å²) < 4.78 is 0. The maximum Gasteiger partial charge on any atom is 0.307 e. The molecule has 0 heterocycles. The molecule has 0 saturated heterocycles. The van der Waals surface area contributed by atoms with Crippen molar-refractivity contribution in [1.29, 1.82) is 0 Å². The van der Waals surface area contributed by atoms with E-state index in [4.69, 9.17) is 5.11 Å². The van der Waals surface area contributed by atoms with Gasteiger partial charge < -0.3 is 5.11 Å². The van der Waals surface area contributed by atoms with Crippen LogP contribution in [0.15, 0.2) is 48.5 Å². The van der Waals surface area contributed by atoms with Gasteiger partial charge in [0.1, 0.15) is 0 Å². The van der Waals surface area contributed by atoms with Crippen molar-refractivity contribution < 1.29 is 9.90 Å². The van der Waals surface area contributed by atoms with E-state index in [0.29, 0.717) is 0 Å². The molecule has 18 heavy (non-hydrogen) atoms.